The molecule has 1 amide bonds. The normalized spacial score (nSPS) is 12.0. The van der Waals surface area contributed by atoms with E-state index in [-0.39, 0.29) is 17.7 Å². The fourth-order valence-electron chi connectivity index (χ4n) is 2.19. The van der Waals surface area contributed by atoms with E-state index in [2.05, 4.69) is 5.32 Å². The smallest absolute Gasteiger partial charge is 0.338 e. The van der Waals surface area contributed by atoms with Crippen LogP contribution in [0.1, 0.15) is 44.5 Å². The van der Waals surface area contributed by atoms with Gasteiger partial charge < -0.3 is 15.8 Å². The fourth-order valence-corrected chi connectivity index (χ4v) is 2.19. The van der Waals surface area contributed by atoms with Crippen LogP contribution in [0, 0.1) is 11.8 Å². The summed E-state index contributed by atoms with van der Waals surface area (Å²) in [6, 6.07) is 4.74. The lowest BCUT2D eigenvalue weighted by molar-refractivity contribution is -0.121. The van der Waals surface area contributed by atoms with Crippen molar-refractivity contribution in [2.45, 2.75) is 34.1 Å². The molecule has 5 nitrogen and oxygen atoms in total. The molecule has 21 heavy (non-hydrogen) atoms. The summed E-state index contributed by atoms with van der Waals surface area (Å²) in [7, 11) is 0. The summed E-state index contributed by atoms with van der Waals surface area (Å²) in [5, 5.41) is 2.81. The summed E-state index contributed by atoms with van der Waals surface area (Å²) in [6.45, 7) is 8.03. The van der Waals surface area contributed by atoms with Crippen molar-refractivity contribution in [3.8, 4) is 0 Å². The maximum Gasteiger partial charge on any atom is 0.338 e. The third-order valence-corrected chi connectivity index (χ3v) is 3.40. The molecule has 1 aromatic rings. The van der Waals surface area contributed by atoms with Gasteiger partial charge in [-0.05, 0) is 37.5 Å². The first-order chi connectivity index (χ1) is 9.90. The summed E-state index contributed by atoms with van der Waals surface area (Å²) in [5.41, 5.74) is 7.11. The Bertz CT molecular complexity index is 512. The average Bonchev–Trinajstić information content (AvgIpc) is 2.41. The Balaban J connectivity index is 2.94. The molecule has 1 unspecified atom stereocenters. The second-order valence-corrected chi connectivity index (χ2v) is 5.27. The summed E-state index contributed by atoms with van der Waals surface area (Å²) >= 11 is 0. The van der Waals surface area contributed by atoms with Gasteiger partial charge in [-0.15, -0.1) is 0 Å². The Morgan fingerprint density at radius 1 is 1.29 bits per heavy atom. The van der Waals surface area contributed by atoms with Crippen LogP contribution in [0.5, 0.6) is 0 Å². The average molecular weight is 292 g/mol. The molecule has 0 aromatic heterocycles. The van der Waals surface area contributed by atoms with Gasteiger partial charge in [0.2, 0.25) is 5.91 Å². The summed E-state index contributed by atoms with van der Waals surface area (Å²) in [4.78, 5) is 24.0. The van der Waals surface area contributed by atoms with Crippen LogP contribution in [-0.4, -0.2) is 18.5 Å². The number of carbonyl (C=O) groups is 2. The van der Waals surface area contributed by atoms with E-state index in [1.165, 1.54) is 0 Å². The Hall–Kier alpha value is -2.04. The lowest BCUT2D eigenvalue weighted by atomic mass is 9.92. The van der Waals surface area contributed by atoms with Crippen molar-refractivity contribution in [1.82, 2.24) is 0 Å². The number of nitrogens with two attached hydrogens (primary N) is 1. The number of hydrogen-bond donors (Lipinski definition) is 2. The van der Waals surface area contributed by atoms with E-state index in [0.717, 1.165) is 6.42 Å². The van der Waals surface area contributed by atoms with E-state index >= 15 is 0 Å². The topological polar surface area (TPSA) is 81.4 Å². The van der Waals surface area contributed by atoms with Crippen LogP contribution in [0.4, 0.5) is 11.4 Å². The zero-order valence-electron chi connectivity index (χ0n) is 13.1. The molecule has 0 spiro atoms. The second-order valence-electron chi connectivity index (χ2n) is 5.27. The molecule has 0 radical (unpaired) electrons. The van der Waals surface area contributed by atoms with Crippen LogP contribution in [0.25, 0.3) is 0 Å². The van der Waals surface area contributed by atoms with E-state index in [1.54, 1.807) is 25.1 Å². The van der Waals surface area contributed by atoms with Crippen LogP contribution in [0.15, 0.2) is 18.2 Å². The Morgan fingerprint density at radius 3 is 2.48 bits per heavy atom. The third-order valence-electron chi connectivity index (χ3n) is 3.40. The molecule has 0 bridgehead atoms. The molecule has 0 fully saturated rings. The Kier molecular flexibility index (Phi) is 6.21. The number of anilines is 2. The van der Waals surface area contributed by atoms with Gasteiger partial charge >= 0.3 is 5.97 Å². The highest BCUT2D eigenvalue weighted by molar-refractivity contribution is 5.98. The largest absolute Gasteiger partial charge is 0.462 e. The van der Waals surface area contributed by atoms with Gasteiger partial charge in [0.1, 0.15) is 0 Å². The predicted molar refractivity (Wildman–Crippen MR) is 84.1 cm³/mol. The van der Waals surface area contributed by atoms with E-state index in [0.29, 0.717) is 23.5 Å². The van der Waals surface area contributed by atoms with Crippen LogP contribution in [0.2, 0.25) is 0 Å². The number of amides is 1. The van der Waals surface area contributed by atoms with Gasteiger partial charge in [0.25, 0.3) is 0 Å². The monoisotopic (exact) mass is 292 g/mol. The molecule has 1 aromatic carbocycles. The summed E-state index contributed by atoms with van der Waals surface area (Å²) in [6.07, 6.45) is 0.751. The van der Waals surface area contributed by atoms with Crippen LogP contribution in [0.3, 0.4) is 0 Å². The molecular weight excluding hydrogens is 268 g/mol. The van der Waals surface area contributed by atoms with Crippen LogP contribution in [-0.2, 0) is 9.53 Å². The first-order valence-corrected chi connectivity index (χ1v) is 7.28. The first kappa shape index (κ1) is 17.0. The van der Waals surface area contributed by atoms with Gasteiger partial charge in [-0.3, -0.25) is 4.79 Å². The van der Waals surface area contributed by atoms with Gasteiger partial charge in [0.05, 0.1) is 23.5 Å². The standard InChI is InChI=1S/C16H24N2O3/c1-5-12(10(3)4)15(19)18-14-9-11(7-8-13(14)17)16(20)21-6-2/h7-10,12H,5-6,17H2,1-4H3,(H,18,19). The van der Waals surface area contributed by atoms with E-state index < -0.39 is 5.97 Å². The minimum absolute atomic E-state index is 0.0831. The Morgan fingerprint density at radius 2 is 1.95 bits per heavy atom. The van der Waals surface area contributed by atoms with E-state index in [4.69, 9.17) is 10.5 Å². The number of ether oxygens (including phenoxy) is 1. The molecule has 0 aliphatic carbocycles. The number of rotatable bonds is 6. The highest BCUT2D eigenvalue weighted by atomic mass is 16.5. The van der Waals surface area contributed by atoms with Gasteiger partial charge in [0, 0.05) is 5.92 Å². The first-order valence-electron chi connectivity index (χ1n) is 7.28. The number of benzene rings is 1. The van der Waals surface area contributed by atoms with Gasteiger partial charge in [-0.25, -0.2) is 4.79 Å². The maximum absolute atomic E-state index is 12.3. The molecule has 0 saturated carbocycles. The molecule has 0 aliphatic rings. The number of hydrogen-bond acceptors (Lipinski definition) is 4. The third kappa shape index (κ3) is 4.48. The van der Waals surface area contributed by atoms with Crippen molar-refractivity contribution >= 4 is 23.3 Å². The van der Waals surface area contributed by atoms with Gasteiger partial charge in [-0.2, -0.15) is 0 Å². The number of nitrogen functional groups attached to an aromatic ring is 1. The lowest BCUT2D eigenvalue weighted by Gasteiger charge is -2.19. The van der Waals surface area contributed by atoms with Crippen molar-refractivity contribution in [1.29, 1.82) is 0 Å². The van der Waals surface area contributed by atoms with Crippen LogP contribution >= 0.6 is 0 Å². The van der Waals surface area contributed by atoms with Gasteiger partial charge in [-0.1, -0.05) is 20.8 Å². The zero-order valence-corrected chi connectivity index (χ0v) is 13.1. The molecule has 0 saturated heterocycles. The minimum Gasteiger partial charge on any atom is -0.462 e. The summed E-state index contributed by atoms with van der Waals surface area (Å²) in [5.74, 6) is -0.357. The van der Waals surface area contributed by atoms with Crippen molar-refractivity contribution < 1.29 is 14.3 Å². The quantitative estimate of drug-likeness (QED) is 0.623. The molecule has 0 aliphatic heterocycles. The molecule has 116 valence electrons. The summed E-state index contributed by atoms with van der Waals surface area (Å²) < 4.78 is 4.94. The lowest BCUT2D eigenvalue weighted by Crippen LogP contribution is -2.26. The number of nitrogens with one attached hydrogen (secondary N) is 1. The number of esters is 1. The van der Waals surface area contributed by atoms with E-state index in [9.17, 15) is 9.59 Å². The second kappa shape index (κ2) is 7.67. The highest BCUT2D eigenvalue weighted by Gasteiger charge is 2.21. The van der Waals surface area contributed by atoms with Crippen molar-refractivity contribution in [2.75, 3.05) is 17.7 Å². The van der Waals surface area contributed by atoms with Crippen molar-refractivity contribution in [3.05, 3.63) is 23.8 Å². The maximum atomic E-state index is 12.3. The fraction of sp³-hybridized carbons (Fsp3) is 0.500. The van der Waals surface area contributed by atoms with E-state index in [1.807, 2.05) is 20.8 Å². The molecule has 3 N–H and O–H groups in total. The van der Waals surface area contributed by atoms with Gasteiger partial charge in [0.15, 0.2) is 0 Å². The molecular formula is C16H24N2O3. The van der Waals surface area contributed by atoms with Crippen molar-refractivity contribution in [2.24, 2.45) is 11.8 Å². The molecule has 0 heterocycles. The SMILES string of the molecule is CCOC(=O)c1ccc(N)c(NC(=O)C(CC)C(C)C)c1. The van der Waals surface area contributed by atoms with Crippen molar-refractivity contribution in [3.63, 3.8) is 0 Å². The number of carbonyl (C=O) groups excluding carboxylic acids is 2. The highest BCUT2D eigenvalue weighted by Crippen LogP contribution is 2.23. The molecule has 5 heteroatoms. The van der Waals surface area contributed by atoms with Crippen LogP contribution < -0.4 is 11.1 Å². The molecule has 1 rings (SSSR count). The Labute approximate surface area is 125 Å². The molecule has 1 atom stereocenters. The zero-order chi connectivity index (χ0) is 16.0. The minimum atomic E-state index is -0.427. The predicted octanol–water partition coefficient (Wildman–Crippen LogP) is 3.07.